The van der Waals surface area contributed by atoms with Crippen LogP contribution in [0.25, 0.3) is 0 Å². The number of methoxy groups -OCH3 is 1. The van der Waals surface area contributed by atoms with Crippen molar-refractivity contribution in [3.05, 3.63) is 65.2 Å². The summed E-state index contributed by atoms with van der Waals surface area (Å²) in [5, 5.41) is 9.52. The third-order valence-corrected chi connectivity index (χ3v) is 4.01. The maximum absolute atomic E-state index is 12.6. The van der Waals surface area contributed by atoms with Gasteiger partial charge in [-0.15, -0.1) is 24.0 Å². The van der Waals surface area contributed by atoms with Crippen LogP contribution in [0.15, 0.2) is 53.5 Å². The minimum atomic E-state index is -4.32. The molecule has 2 aromatic rings. The Labute approximate surface area is 186 Å². The number of halogens is 4. The average Bonchev–Trinajstić information content (AvgIpc) is 2.69. The lowest BCUT2D eigenvalue weighted by Gasteiger charge is -2.13. The Bertz CT molecular complexity index is 750. The van der Waals surface area contributed by atoms with Gasteiger partial charge in [0.2, 0.25) is 0 Å². The first-order chi connectivity index (χ1) is 13.4. The number of nitrogens with zero attached hydrogens (tertiary/aromatic N) is 1. The molecule has 0 amide bonds. The van der Waals surface area contributed by atoms with Crippen molar-refractivity contribution in [2.45, 2.75) is 19.3 Å². The van der Waals surface area contributed by atoms with Crippen molar-refractivity contribution in [1.82, 2.24) is 10.6 Å². The average molecular weight is 522 g/mol. The molecular formula is C20H26F3IN4O. The van der Waals surface area contributed by atoms with Crippen molar-refractivity contribution in [3.8, 4) is 0 Å². The zero-order chi connectivity index (χ0) is 20.4. The van der Waals surface area contributed by atoms with Crippen LogP contribution in [0.1, 0.15) is 16.7 Å². The normalized spacial score (nSPS) is 11.6. The number of guanidine groups is 1. The Kier molecular flexibility index (Phi) is 10.8. The Balaban J connectivity index is 0.00000420. The number of hydrogen-bond donors (Lipinski definition) is 3. The Hall–Kier alpha value is -2.01. The molecule has 0 saturated heterocycles. The molecule has 0 bridgehead atoms. The van der Waals surface area contributed by atoms with Gasteiger partial charge in [-0.3, -0.25) is 4.99 Å². The zero-order valence-corrected chi connectivity index (χ0v) is 18.7. The van der Waals surface area contributed by atoms with E-state index in [1.807, 2.05) is 24.3 Å². The molecular weight excluding hydrogens is 496 g/mol. The zero-order valence-electron chi connectivity index (χ0n) is 16.3. The highest BCUT2D eigenvalue weighted by Crippen LogP contribution is 2.29. The number of anilines is 1. The molecule has 0 fully saturated rings. The third kappa shape index (κ3) is 8.90. The van der Waals surface area contributed by atoms with Crippen LogP contribution >= 0.6 is 24.0 Å². The van der Waals surface area contributed by atoms with Gasteiger partial charge < -0.3 is 20.7 Å². The van der Waals surface area contributed by atoms with Crippen LogP contribution in [0, 0.1) is 0 Å². The highest BCUT2D eigenvalue weighted by atomic mass is 127. The molecule has 0 aliphatic heterocycles. The summed E-state index contributed by atoms with van der Waals surface area (Å²) in [5.41, 5.74) is 2.18. The molecule has 29 heavy (non-hydrogen) atoms. The van der Waals surface area contributed by atoms with Crippen molar-refractivity contribution < 1.29 is 17.9 Å². The lowest BCUT2D eigenvalue weighted by Crippen LogP contribution is -2.36. The molecule has 0 unspecified atom stereocenters. The number of alkyl halides is 3. The number of ether oxygens (including phenoxy) is 1. The molecule has 0 aromatic heterocycles. The molecule has 3 N–H and O–H groups in total. The van der Waals surface area contributed by atoms with Crippen LogP contribution < -0.4 is 16.0 Å². The van der Waals surface area contributed by atoms with E-state index in [-0.39, 0.29) is 24.0 Å². The van der Waals surface area contributed by atoms with E-state index in [1.165, 1.54) is 12.1 Å². The predicted octanol–water partition coefficient (Wildman–Crippen LogP) is 4.25. The maximum atomic E-state index is 12.6. The first-order valence-corrected chi connectivity index (χ1v) is 8.85. The van der Waals surface area contributed by atoms with E-state index >= 15 is 0 Å². The summed E-state index contributed by atoms with van der Waals surface area (Å²) in [6.45, 7) is 2.34. The molecule has 0 aliphatic carbocycles. The molecule has 9 heteroatoms. The number of rotatable bonds is 8. The molecule has 0 atom stereocenters. The second kappa shape index (κ2) is 12.5. The second-order valence-electron chi connectivity index (χ2n) is 6.09. The van der Waals surface area contributed by atoms with Crippen LogP contribution in [0.2, 0.25) is 0 Å². The number of hydrogen-bond acceptors (Lipinski definition) is 3. The van der Waals surface area contributed by atoms with Gasteiger partial charge >= 0.3 is 6.18 Å². The fraction of sp³-hybridized carbons (Fsp3) is 0.350. The highest BCUT2D eigenvalue weighted by molar-refractivity contribution is 14.0. The summed E-state index contributed by atoms with van der Waals surface area (Å²) in [5.74, 6) is 0.571. The van der Waals surface area contributed by atoms with Crippen molar-refractivity contribution in [3.63, 3.8) is 0 Å². The van der Waals surface area contributed by atoms with E-state index in [4.69, 9.17) is 4.74 Å². The number of aliphatic imine (C=N–C) groups is 1. The molecule has 0 radical (unpaired) electrons. The van der Waals surface area contributed by atoms with Gasteiger partial charge in [-0.1, -0.05) is 24.3 Å². The first kappa shape index (κ1) is 25.0. The van der Waals surface area contributed by atoms with Gasteiger partial charge in [0.1, 0.15) is 0 Å². The van der Waals surface area contributed by atoms with E-state index in [0.717, 1.165) is 35.5 Å². The van der Waals surface area contributed by atoms with Crippen LogP contribution in [-0.2, 0) is 24.0 Å². The van der Waals surface area contributed by atoms with E-state index in [1.54, 1.807) is 14.2 Å². The number of benzene rings is 2. The molecule has 0 heterocycles. The minimum Gasteiger partial charge on any atom is -0.383 e. The van der Waals surface area contributed by atoms with Gasteiger partial charge in [-0.2, -0.15) is 13.2 Å². The smallest absolute Gasteiger partial charge is 0.383 e. The summed E-state index contributed by atoms with van der Waals surface area (Å²) in [4.78, 5) is 4.13. The number of nitrogens with one attached hydrogen (secondary N) is 3. The lowest BCUT2D eigenvalue weighted by molar-refractivity contribution is -0.137. The molecule has 5 nitrogen and oxygen atoms in total. The first-order valence-electron chi connectivity index (χ1n) is 8.85. The largest absolute Gasteiger partial charge is 0.416 e. The minimum absolute atomic E-state index is 0. The predicted molar refractivity (Wildman–Crippen MR) is 121 cm³/mol. The van der Waals surface area contributed by atoms with Crippen LogP contribution in [0.5, 0.6) is 0 Å². The van der Waals surface area contributed by atoms with Crippen LogP contribution in [0.4, 0.5) is 18.9 Å². The summed E-state index contributed by atoms with van der Waals surface area (Å²) >= 11 is 0. The van der Waals surface area contributed by atoms with E-state index in [0.29, 0.717) is 25.7 Å². The van der Waals surface area contributed by atoms with Crippen molar-refractivity contribution in [2.24, 2.45) is 4.99 Å². The molecule has 2 rings (SSSR count). The van der Waals surface area contributed by atoms with Crippen LogP contribution in [0.3, 0.4) is 0 Å². The van der Waals surface area contributed by atoms with Gasteiger partial charge in [0, 0.05) is 39.5 Å². The quantitative estimate of drug-likeness (QED) is 0.210. The van der Waals surface area contributed by atoms with Gasteiger partial charge in [-0.05, 0) is 35.4 Å². The maximum Gasteiger partial charge on any atom is 0.416 e. The van der Waals surface area contributed by atoms with E-state index < -0.39 is 11.7 Å². The van der Waals surface area contributed by atoms with E-state index in [9.17, 15) is 13.2 Å². The van der Waals surface area contributed by atoms with Crippen molar-refractivity contribution >= 4 is 35.6 Å². The van der Waals surface area contributed by atoms with Gasteiger partial charge in [0.05, 0.1) is 12.2 Å². The third-order valence-electron chi connectivity index (χ3n) is 4.01. The fourth-order valence-electron chi connectivity index (χ4n) is 2.44. The second-order valence-corrected chi connectivity index (χ2v) is 6.09. The summed E-state index contributed by atoms with van der Waals surface area (Å²) in [7, 11) is 3.31. The SMILES string of the molecule is CN=C(NCc1ccc(NCCOC)cc1)NCc1ccc(C(F)(F)F)cc1.I. The molecule has 0 saturated carbocycles. The van der Waals surface area contributed by atoms with Gasteiger partial charge in [-0.25, -0.2) is 0 Å². The molecule has 0 aliphatic rings. The highest BCUT2D eigenvalue weighted by Gasteiger charge is 2.29. The van der Waals surface area contributed by atoms with Crippen LogP contribution in [-0.4, -0.2) is 33.3 Å². The lowest BCUT2D eigenvalue weighted by atomic mass is 10.1. The van der Waals surface area contributed by atoms with E-state index in [2.05, 4.69) is 20.9 Å². The molecule has 2 aromatic carbocycles. The summed E-state index contributed by atoms with van der Waals surface area (Å²) in [6, 6.07) is 13.1. The Morgan fingerprint density at radius 1 is 0.931 bits per heavy atom. The van der Waals surface area contributed by atoms with Crippen molar-refractivity contribution in [1.29, 1.82) is 0 Å². The Morgan fingerprint density at radius 2 is 1.45 bits per heavy atom. The van der Waals surface area contributed by atoms with Crippen molar-refractivity contribution in [2.75, 3.05) is 32.6 Å². The fourth-order valence-corrected chi connectivity index (χ4v) is 2.44. The standard InChI is InChI=1S/C20H25F3N4O.HI/c1-24-19(26-13-15-3-7-17(8-4-15)20(21,22)23)27-14-16-5-9-18(10-6-16)25-11-12-28-2;/h3-10,25H,11-14H2,1-2H3,(H2,24,26,27);1H. The topological polar surface area (TPSA) is 57.7 Å². The van der Waals surface area contributed by atoms with Gasteiger partial charge in [0.15, 0.2) is 5.96 Å². The summed E-state index contributed by atoms with van der Waals surface area (Å²) < 4.78 is 42.8. The monoisotopic (exact) mass is 522 g/mol. The van der Waals surface area contributed by atoms with Gasteiger partial charge in [0.25, 0.3) is 0 Å². The Morgan fingerprint density at radius 3 is 1.90 bits per heavy atom. The summed E-state index contributed by atoms with van der Waals surface area (Å²) in [6.07, 6.45) is -4.32. The molecule has 160 valence electrons. The molecule has 0 spiro atoms.